The monoisotopic (exact) mass is 322 g/mol. The molecule has 0 aromatic rings. The van der Waals surface area contributed by atoms with Crippen molar-refractivity contribution < 1.29 is 19.4 Å². The molecule has 1 rings (SSSR count). The number of β-amino-alcohol motifs (C(OH)–C–C–N with tert-alkyl or cyclic N) is 1. The molecule has 0 aliphatic carbocycles. The number of halogens is 1. The van der Waals surface area contributed by atoms with Crippen LogP contribution >= 0.6 is 15.9 Å². The fourth-order valence-electron chi connectivity index (χ4n) is 1.74. The van der Waals surface area contributed by atoms with Gasteiger partial charge in [0.05, 0.1) is 18.7 Å². The molecule has 2 N–H and O–H groups in total. The Morgan fingerprint density at radius 1 is 1.44 bits per heavy atom. The van der Waals surface area contributed by atoms with Crippen molar-refractivity contribution in [2.45, 2.75) is 44.9 Å². The minimum absolute atomic E-state index is 0.160. The van der Waals surface area contributed by atoms with Gasteiger partial charge in [-0.2, -0.15) is 0 Å². The zero-order valence-corrected chi connectivity index (χ0v) is 12.4. The van der Waals surface area contributed by atoms with E-state index in [-0.39, 0.29) is 17.4 Å². The van der Waals surface area contributed by atoms with Gasteiger partial charge in [-0.3, -0.25) is 4.79 Å². The van der Waals surface area contributed by atoms with Crippen LogP contribution in [0.3, 0.4) is 0 Å². The Morgan fingerprint density at radius 2 is 2.06 bits per heavy atom. The van der Waals surface area contributed by atoms with Crippen molar-refractivity contribution in [3.8, 4) is 0 Å². The van der Waals surface area contributed by atoms with Crippen LogP contribution in [0.2, 0.25) is 0 Å². The molecule has 2 amide bonds. The number of hydrogen-bond donors (Lipinski definition) is 2. The van der Waals surface area contributed by atoms with Gasteiger partial charge in [0.25, 0.3) is 4.82 Å². The normalized spacial score (nSPS) is 24.6. The standard InChI is InChI=1S/C11H19BrN2O4/c1-11(2,3)18-10(17)14-5-4-7(8(15)6-14)13-9(12)16/h7-8,15H,4-6H2,1-3H3,(H,13,16)/t7-,8-/m0/s1. The van der Waals surface area contributed by atoms with Gasteiger partial charge in [-0.25, -0.2) is 4.79 Å². The summed E-state index contributed by atoms with van der Waals surface area (Å²) >= 11 is 2.75. The minimum atomic E-state index is -0.784. The summed E-state index contributed by atoms with van der Waals surface area (Å²) in [5, 5.41) is 12.4. The topological polar surface area (TPSA) is 78.9 Å². The zero-order chi connectivity index (χ0) is 13.9. The molecule has 0 aromatic heterocycles. The van der Waals surface area contributed by atoms with Crippen LogP contribution in [0, 0.1) is 0 Å². The Hall–Kier alpha value is -0.820. The number of nitrogens with zero attached hydrogens (tertiary/aromatic N) is 1. The minimum Gasteiger partial charge on any atom is -0.444 e. The molecule has 0 unspecified atom stereocenters. The van der Waals surface area contributed by atoms with E-state index in [1.165, 1.54) is 4.90 Å². The molecule has 1 fully saturated rings. The van der Waals surface area contributed by atoms with Crippen LogP contribution in [-0.2, 0) is 4.74 Å². The predicted octanol–water partition coefficient (Wildman–Crippen LogP) is 1.46. The van der Waals surface area contributed by atoms with Crippen molar-refractivity contribution in [3.05, 3.63) is 0 Å². The van der Waals surface area contributed by atoms with Gasteiger partial charge in [-0.1, -0.05) is 0 Å². The van der Waals surface area contributed by atoms with Crippen LogP contribution in [0.1, 0.15) is 27.2 Å². The molecule has 1 aliphatic heterocycles. The third kappa shape index (κ3) is 4.81. The molecule has 0 saturated carbocycles. The summed E-state index contributed by atoms with van der Waals surface area (Å²) in [6, 6.07) is -0.337. The molecule has 6 nitrogen and oxygen atoms in total. The highest BCUT2D eigenvalue weighted by Gasteiger charge is 2.32. The third-order valence-corrected chi connectivity index (χ3v) is 2.76. The van der Waals surface area contributed by atoms with E-state index in [4.69, 9.17) is 4.74 Å². The fourth-order valence-corrected chi connectivity index (χ4v) is 2.03. The Labute approximate surface area is 115 Å². The van der Waals surface area contributed by atoms with E-state index < -0.39 is 17.8 Å². The number of carbonyl (C=O) groups excluding carboxylic acids is 2. The molecule has 1 heterocycles. The number of ether oxygens (including phenoxy) is 1. The number of carbonyl (C=O) groups is 2. The number of amides is 2. The third-order valence-electron chi connectivity index (χ3n) is 2.53. The number of aliphatic hydroxyl groups is 1. The van der Waals surface area contributed by atoms with Crippen molar-refractivity contribution in [1.82, 2.24) is 10.2 Å². The van der Waals surface area contributed by atoms with Crippen LogP contribution < -0.4 is 5.32 Å². The van der Waals surface area contributed by atoms with Crippen LogP contribution in [0.4, 0.5) is 9.59 Å². The van der Waals surface area contributed by atoms with Gasteiger partial charge in [0.2, 0.25) is 0 Å². The Bertz CT molecular complexity index is 329. The Morgan fingerprint density at radius 3 is 2.50 bits per heavy atom. The maximum absolute atomic E-state index is 11.8. The first-order valence-corrected chi connectivity index (χ1v) is 6.60. The average molecular weight is 323 g/mol. The number of rotatable bonds is 1. The van der Waals surface area contributed by atoms with Crippen LogP contribution in [0.25, 0.3) is 0 Å². The van der Waals surface area contributed by atoms with Gasteiger partial charge in [-0.15, -0.1) is 0 Å². The quantitative estimate of drug-likeness (QED) is 0.566. The first-order valence-electron chi connectivity index (χ1n) is 5.81. The maximum atomic E-state index is 11.8. The molecule has 18 heavy (non-hydrogen) atoms. The van der Waals surface area contributed by atoms with E-state index in [0.717, 1.165) is 0 Å². The molecule has 2 atom stereocenters. The molecule has 104 valence electrons. The first-order chi connectivity index (χ1) is 8.19. The van der Waals surface area contributed by atoms with Crippen LogP contribution in [0.5, 0.6) is 0 Å². The summed E-state index contributed by atoms with van der Waals surface area (Å²) < 4.78 is 5.22. The molecule has 0 radical (unpaired) electrons. The predicted molar refractivity (Wildman–Crippen MR) is 69.7 cm³/mol. The summed E-state index contributed by atoms with van der Waals surface area (Å²) in [7, 11) is 0. The highest BCUT2D eigenvalue weighted by molar-refractivity contribution is 9.18. The fraction of sp³-hybridized carbons (Fsp3) is 0.818. The highest BCUT2D eigenvalue weighted by atomic mass is 79.9. The SMILES string of the molecule is CC(C)(C)OC(=O)N1CC[C@H](NC(=O)Br)[C@@H](O)C1. The van der Waals surface area contributed by atoms with E-state index in [0.29, 0.717) is 13.0 Å². The van der Waals surface area contributed by atoms with Gasteiger partial charge < -0.3 is 20.1 Å². The lowest BCUT2D eigenvalue weighted by atomic mass is 10.0. The summed E-state index contributed by atoms with van der Waals surface area (Å²) in [4.78, 5) is 23.7. The van der Waals surface area contributed by atoms with Crippen LogP contribution in [0.15, 0.2) is 0 Å². The van der Waals surface area contributed by atoms with Gasteiger partial charge >= 0.3 is 6.09 Å². The summed E-state index contributed by atoms with van der Waals surface area (Å²) in [6.07, 6.45) is -0.726. The highest BCUT2D eigenvalue weighted by Crippen LogP contribution is 2.16. The van der Waals surface area contributed by atoms with Crippen molar-refractivity contribution in [1.29, 1.82) is 0 Å². The number of likely N-dealkylation sites (tertiary alicyclic amines) is 1. The second kappa shape index (κ2) is 5.88. The number of aliphatic hydroxyl groups excluding tert-OH is 1. The lowest BCUT2D eigenvalue weighted by Crippen LogP contribution is -2.55. The van der Waals surface area contributed by atoms with Crippen molar-refractivity contribution in [3.63, 3.8) is 0 Å². The molecule has 0 bridgehead atoms. The van der Waals surface area contributed by atoms with Crippen molar-refractivity contribution >= 4 is 26.8 Å². The van der Waals surface area contributed by atoms with Crippen molar-refractivity contribution in [2.75, 3.05) is 13.1 Å². The first kappa shape index (κ1) is 15.2. The second-order valence-corrected chi connectivity index (χ2v) is 6.03. The molecule has 7 heteroatoms. The largest absolute Gasteiger partial charge is 0.444 e. The molecule has 0 spiro atoms. The van der Waals surface area contributed by atoms with E-state index in [2.05, 4.69) is 21.2 Å². The number of hydrogen-bond acceptors (Lipinski definition) is 4. The summed E-state index contributed by atoms with van der Waals surface area (Å²) in [6.45, 7) is 5.98. The smallest absolute Gasteiger partial charge is 0.410 e. The summed E-state index contributed by atoms with van der Waals surface area (Å²) in [5.41, 5.74) is -0.553. The van der Waals surface area contributed by atoms with E-state index in [1.807, 2.05) is 0 Å². The maximum Gasteiger partial charge on any atom is 0.410 e. The lowest BCUT2D eigenvalue weighted by molar-refractivity contribution is -0.00297. The Balaban J connectivity index is 2.50. The van der Waals surface area contributed by atoms with Gasteiger partial charge in [0.1, 0.15) is 5.60 Å². The van der Waals surface area contributed by atoms with Gasteiger partial charge in [-0.05, 0) is 27.2 Å². The Kier molecular flexibility index (Phi) is 4.98. The second-order valence-electron chi connectivity index (χ2n) is 5.31. The summed E-state index contributed by atoms with van der Waals surface area (Å²) in [5.74, 6) is 0. The van der Waals surface area contributed by atoms with Gasteiger partial charge in [0, 0.05) is 22.5 Å². The van der Waals surface area contributed by atoms with E-state index in [1.54, 1.807) is 20.8 Å². The van der Waals surface area contributed by atoms with Crippen LogP contribution in [-0.4, -0.2) is 51.8 Å². The molecular formula is C11H19BrN2O4. The van der Waals surface area contributed by atoms with Gasteiger partial charge in [0.15, 0.2) is 0 Å². The molecule has 1 aliphatic rings. The molecule has 1 saturated heterocycles. The molecular weight excluding hydrogens is 304 g/mol. The lowest BCUT2D eigenvalue weighted by Gasteiger charge is -2.36. The number of piperidine rings is 1. The molecule has 0 aromatic carbocycles. The van der Waals surface area contributed by atoms with E-state index >= 15 is 0 Å². The van der Waals surface area contributed by atoms with Crippen molar-refractivity contribution in [2.24, 2.45) is 0 Å². The zero-order valence-electron chi connectivity index (χ0n) is 10.8. The average Bonchev–Trinajstić information content (AvgIpc) is 2.17. The number of nitrogens with one attached hydrogen (secondary N) is 1. The van der Waals surface area contributed by atoms with E-state index in [9.17, 15) is 14.7 Å².